The smallest absolute Gasteiger partial charge is 0.347 e. The van der Waals surface area contributed by atoms with Gasteiger partial charge < -0.3 is 10.1 Å². The molecule has 1 aliphatic rings. The molecule has 0 saturated carbocycles. The van der Waals surface area contributed by atoms with Gasteiger partial charge >= 0.3 is 5.69 Å². The minimum Gasteiger partial charge on any atom is -0.492 e. The maximum absolute atomic E-state index is 11.5. The number of ether oxygens (including phenoxy) is 1. The lowest BCUT2D eigenvalue weighted by atomic mass is 10.3. The lowest BCUT2D eigenvalue weighted by Gasteiger charge is -2.26. The number of aromatic nitrogens is 3. The largest absolute Gasteiger partial charge is 0.492 e. The van der Waals surface area contributed by atoms with Gasteiger partial charge in [-0.1, -0.05) is 0 Å². The molecule has 7 heteroatoms. The second-order valence-corrected chi connectivity index (χ2v) is 4.97. The first-order valence-corrected chi connectivity index (χ1v) is 7.11. The van der Waals surface area contributed by atoms with Gasteiger partial charge in [0.05, 0.1) is 5.69 Å². The van der Waals surface area contributed by atoms with E-state index in [9.17, 15) is 4.79 Å². The van der Waals surface area contributed by atoms with Gasteiger partial charge in [0.25, 0.3) is 0 Å². The van der Waals surface area contributed by atoms with Crippen molar-refractivity contribution in [2.45, 2.75) is 0 Å². The van der Waals surface area contributed by atoms with Gasteiger partial charge in [-0.2, -0.15) is 5.10 Å². The third kappa shape index (κ3) is 3.50. The molecular weight excluding hydrogens is 270 g/mol. The molecule has 0 spiro atoms. The normalized spacial score (nSPS) is 16.0. The maximum atomic E-state index is 11.5. The fourth-order valence-corrected chi connectivity index (χ4v) is 2.36. The summed E-state index contributed by atoms with van der Waals surface area (Å²) in [5.41, 5.74) is 0.519. The Balaban J connectivity index is 1.52. The fraction of sp³-hybridized carbons (Fsp3) is 0.429. The van der Waals surface area contributed by atoms with Crippen LogP contribution in [0.3, 0.4) is 0 Å². The highest BCUT2D eigenvalue weighted by Gasteiger charge is 2.08. The molecule has 2 N–H and O–H groups in total. The number of H-pyrrole nitrogens is 1. The number of hydrogen-bond donors (Lipinski definition) is 2. The molecule has 1 saturated heterocycles. The molecule has 0 radical (unpaired) electrons. The number of nitrogens with zero attached hydrogens (tertiary/aromatic N) is 3. The second kappa shape index (κ2) is 6.55. The predicted molar refractivity (Wildman–Crippen MR) is 79.0 cm³/mol. The molecule has 1 aromatic carbocycles. The highest BCUT2D eigenvalue weighted by atomic mass is 16.5. The molecule has 0 bridgehead atoms. The fourth-order valence-electron chi connectivity index (χ4n) is 2.36. The number of hydrogen-bond acceptors (Lipinski definition) is 5. The molecule has 112 valence electrons. The van der Waals surface area contributed by atoms with Crippen LogP contribution in [0.1, 0.15) is 0 Å². The first kappa shape index (κ1) is 13.8. The van der Waals surface area contributed by atoms with Crippen LogP contribution in [0.4, 0.5) is 0 Å². The van der Waals surface area contributed by atoms with Crippen molar-refractivity contribution < 1.29 is 4.74 Å². The lowest BCUT2D eigenvalue weighted by molar-refractivity contribution is 0.191. The summed E-state index contributed by atoms with van der Waals surface area (Å²) in [7, 11) is 0. The minimum atomic E-state index is -0.248. The molecular formula is C14H19N5O2. The molecule has 0 unspecified atom stereocenters. The van der Waals surface area contributed by atoms with Gasteiger partial charge in [-0.05, 0) is 24.3 Å². The van der Waals surface area contributed by atoms with Crippen molar-refractivity contribution in [2.75, 3.05) is 39.3 Å². The molecule has 2 heterocycles. The molecule has 1 fully saturated rings. The summed E-state index contributed by atoms with van der Waals surface area (Å²) in [6, 6.07) is 7.42. The van der Waals surface area contributed by atoms with Gasteiger partial charge in [-0.25, -0.2) is 14.5 Å². The molecule has 0 amide bonds. The first-order chi connectivity index (χ1) is 10.3. The van der Waals surface area contributed by atoms with Crippen LogP contribution in [0.25, 0.3) is 5.69 Å². The van der Waals surface area contributed by atoms with E-state index in [0.717, 1.165) is 44.2 Å². The zero-order chi connectivity index (χ0) is 14.5. The Morgan fingerprint density at radius 2 is 1.95 bits per heavy atom. The number of aromatic amines is 1. The van der Waals surface area contributed by atoms with Crippen LogP contribution in [0.15, 0.2) is 35.4 Å². The van der Waals surface area contributed by atoms with Crippen molar-refractivity contribution in [1.29, 1.82) is 0 Å². The number of benzene rings is 1. The van der Waals surface area contributed by atoms with Crippen LogP contribution in [-0.4, -0.2) is 59.0 Å². The van der Waals surface area contributed by atoms with Gasteiger partial charge in [0.2, 0.25) is 0 Å². The Kier molecular flexibility index (Phi) is 4.32. The van der Waals surface area contributed by atoms with E-state index in [-0.39, 0.29) is 5.69 Å². The Bertz CT molecular complexity index is 613. The molecule has 1 aromatic heterocycles. The summed E-state index contributed by atoms with van der Waals surface area (Å²) in [4.78, 5) is 13.8. The second-order valence-electron chi connectivity index (χ2n) is 4.97. The van der Waals surface area contributed by atoms with Crippen LogP contribution < -0.4 is 15.7 Å². The van der Waals surface area contributed by atoms with Crippen LogP contribution in [-0.2, 0) is 0 Å². The summed E-state index contributed by atoms with van der Waals surface area (Å²) in [5.74, 6) is 0.811. The van der Waals surface area contributed by atoms with Gasteiger partial charge in [0, 0.05) is 32.7 Å². The average molecular weight is 289 g/mol. The number of piperazine rings is 1. The lowest BCUT2D eigenvalue weighted by Crippen LogP contribution is -2.44. The minimum absolute atomic E-state index is 0.248. The highest BCUT2D eigenvalue weighted by Crippen LogP contribution is 2.13. The standard InChI is InChI=1S/C14H19N5O2/c20-14-17-16-11-19(14)12-1-3-13(4-2-12)21-10-9-18-7-5-15-6-8-18/h1-4,11,15H,5-10H2,(H,17,20). The Morgan fingerprint density at radius 1 is 1.19 bits per heavy atom. The first-order valence-electron chi connectivity index (χ1n) is 7.11. The van der Waals surface area contributed by atoms with Crippen LogP contribution in [0.5, 0.6) is 5.75 Å². The topological polar surface area (TPSA) is 75.2 Å². The summed E-state index contributed by atoms with van der Waals surface area (Å²) >= 11 is 0. The highest BCUT2D eigenvalue weighted by molar-refractivity contribution is 5.36. The van der Waals surface area contributed by atoms with E-state index >= 15 is 0 Å². The van der Waals surface area contributed by atoms with Crippen LogP contribution in [0.2, 0.25) is 0 Å². The Labute approximate surface area is 122 Å². The predicted octanol–water partition coefficient (Wildman–Crippen LogP) is -0.155. The quantitative estimate of drug-likeness (QED) is 0.800. The van der Waals surface area contributed by atoms with E-state index in [2.05, 4.69) is 20.4 Å². The van der Waals surface area contributed by atoms with Gasteiger partial charge in [0.1, 0.15) is 18.7 Å². The van der Waals surface area contributed by atoms with Crippen LogP contribution >= 0.6 is 0 Å². The molecule has 1 aliphatic heterocycles. The van der Waals surface area contributed by atoms with E-state index < -0.39 is 0 Å². The molecule has 0 aliphatic carbocycles. The molecule has 7 nitrogen and oxygen atoms in total. The third-order valence-electron chi connectivity index (χ3n) is 3.55. The summed E-state index contributed by atoms with van der Waals surface area (Å²) < 4.78 is 7.19. The average Bonchev–Trinajstić information content (AvgIpc) is 2.95. The van der Waals surface area contributed by atoms with Crippen molar-refractivity contribution in [3.05, 3.63) is 41.1 Å². The summed E-state index contributed by atoms with van der Waals surface area (Å²) in [6.07, 6.45) is 1.46. The van der Waals surface area contributed by atoms with E-state index in [0.29, 0.717) is 6.61 Å². The monoisotopic (exact) mass is 289 g/mol. The van der Waals surface area contributed by atoms with Gasteiger partial charge in [-0.3, -0.25) is 4.90 Å². The Morgan fingerprint density at radius 3 is 2.62 bits per heavy atom. The van der Waals surface area contributed by atoms with Crippen molar-refractivity contribution in [2.24, 2.45) is 0 Å². The molecule has 0 atom stereocenters. The Hall–Kier alpha value is -2.12. The van der Waals surface area contributed by atoms with Crippen molar-refractivity contribution in [3.8, 4) is 11.4 Å². The zero-order valence-corrected chi connectivity index (χ0v) is 11.8. The van der Waals surface area contributed by atoms with Gasteiger partial charge in [-0.15, -0.1) is 0 Å². The van der Waals surface area contributed by atoms with Crippen molar-refractivity contribution in [1.82, 2.24) is 25.0 Å². The zero-order valence-electron chi connectivity index (χ0n) is 11.8. The summed E-state index contributed by atoms with van der Waals surface area (Å²) in [6.45, 7) is 5.86. The van der Waals surface area contributed by atoms with E-state index in [1.807, 2.05) is 24.3 Å². The molecule has 21 heavy (non-hydrogen) atoms. The third-order valence-corrected chi connectivity index (χ3v) is 3.55. The van der Waals surface area contributed by atoms with E-state index in [4.69, 9.17) is 4.74 Å². The maximum Gasteiger partial charge on any atom is 0.347 e. The van der Waals surface area contributed by atoms with Crippen molar-refractivity contribution >= 4 is 0 Å². The van der Waals surface area contributed by atoms with Crippen molar-refractivity contribution in [3.63, 3.8) is 0 Å². The van der Waals surface area contributed by atoms with E-state index in [1.54, 1.807) is 0 Å². The SMILES string of the molecule is O=c1[nH]ncn1-c1ccc(OCCN2CCNCC2)cc1. The number of rotatable bonds is 5. The van der Waals surface area contributed by atoms with Crippen LogP contribution in [0, 0.1) is 0 Å². The molecule has 3 rings (SSSR count). The van der Waals surface area contributed by atoms with Gasteiger partial charge in [0.15, 0.2) is 0 Å². The molecule has 2 aromatic rings. The summed E-state index contributed by atoms with van der Waals surface area (Å²) in [5, 5.41) is 9.40. The van der Waals surface area contributed by atoms with E-state index in [1.165, 1.54) is 10.9 Å². The number of nitrogens with one attached hydrogen (secondary N) is 2.